The smallest absolute Gasteiger partial charge is 0.222 e. The molecule has 5 heteroatoms. The SMILES string of the molecule is NC(=NCCCN1CCCCCC1=O)N1CCCCCC1. The van der Waals surface area contributed by atoms with Crippen molar-refractivity contribution in [2.75, 3.05) is 32.7 Å². The fourth-order valence-electron chi connectivity index (χ4n) is 3.13. The number of nitrogens with two attached hydrogens (primary N) is 1. The highest BCUT2D eigenvalue weighted by Crippen LogP contribution is 2.12. The van der Waals surface area contributed by atoms with Crippen LogP contribution in [-0.2, 0) is 4.79 Å². The van der Waals surface area contributed by atoms with Gasteiger partial charge in [-0.15, -0.1) is 0 Å². The second-order valence-electron chi connectivity index (χ2n) is 6.19. The molecule has 120 valence electrons. The molecule has 2 N–H and O–H groups in total. The molecule has 0 aromatic heterocycles. The number of hydrogen-bond acceptors (Lipinski definition) is 2. The van der Waals surface area contributed by atoms with Gasteiger partial charge >= 0.3 is 0 Å². The molecule has 0 aromatic rings. The second kappa shape index (κ2) is 8.90. The van der Waals surface area contributed by atoms with E-state index in [1.165, 1.54) is 32.1 Å². The molecule has 0 bridgehead atoms. The highest BCUT2D eigenvalue weighted by Gasteiger charge is 2.15. The molecule has 0 aromatic carbocycles. The van der Waals surface area contributed by atoms with Gasteiger partial charge in [0.25, 0.3) is 0 Å². The highest BCUT2D eigenvalue weighted by atomic mass is 16.2. The molecule has 0 saturated carbocycles. The van der Waals surface area contributed by atoms with E-state index in [2.05, 4.69) is 9.89 Å². The first-order valence-corrected chi connectivity index (χ1v) is 8.60. The van der Waals surface area contributed by atoms with Crippen LogP contribution in [0.2, 0.25) is 0 Å². The van der Waals surface area contributed by atoms with Gasteiger partial charge in [-0.2, -0.15) is 0 Å². The van der Waals surface area contributed by atoms with Crippen LogP contribution in [0.25, 0.3) is 0 Å². The quantitative estimate of drug-likeness (QED) is 0.490. The van der Waals surface area contributed by atoms with Gasteiger partial charge in [0.2, 0.25) is 5.91 Å². The van der Waals surface area contributed by atoms with Crippen LogP contribution in [0.5, 0.6) is 0 Å². The number of nitrogens with zero attached hydrogens (tertiary/aromatic N) is 3. The summed E-state index contributed by atoms with van der Waals surface area (Å²) in [5, 5.41) is 0. The first-order chi connectivity index (χ1) is 10.3. The second-order valence-corrected chi connectivity index (χ2v) is 6.19. The van der Waals surface area contributed by atoms with Crippen LogP contribution in [0.3, 0.4) is 0 Å². The minimum atomic E-state index is 0.317. The zero-order valence-corrected chi connectivity index (χ0v) is 13.2. The van der Waals surface area contributed by atoms with Crippen molar-refractivity contribution in [3.8, 4) is 0 Å². The van der Waals surface area contributed by atoms with Crippen molar-refractivity contribution >= 4 is 11.9 Å². The molecule has 0 spiro atoms. The van der Waals surface area contributed by atoms with Crippen LogP contribution in [0, 0.1) is 0 Å². The molecule has 2 aliphatic heterocycles. The summed E-state index contributed by atoms with van der Waals surface area (Å²) in [6, 6.07) is 0. The van der Waals surface area contributed by atoms with Crippen molar-refractivity contribution in [1.82, 2.24) is 9.80 Å². The Balaban J connectivity index is 1.69. The molecule has 2 rings (SSSR count). The van der Waals surface area contributed by atoms with Gasteiger partial charge in [0.05, 0.1) is 0 Å². The third-order valence-electron chi connectivity index (χ3n) is 4.46. The maximum absolute atomic E-state index is 11.9. The van der Waals surface area contributed by atoms with E-state index < -0.39 is 0 Å². The van der Waals surface area contributed by atoms with Gasteiger partial charge in [-0.1, -0.05) is 19.3 Å². The zero-order chi connectivity index (χ0) is 14.9. The number of carbonyl (C=O) groups excluding carboxylic acids is 1. The van der Waals surface area contributed by atoms with Crippen LogP contribution in [0.15, 0.2) is 4.99 Å². The van der Waals surface area contributed by atoms with E-state index >= 15 is 0 Å². The van der Waals surface area contributed by atoms with E-state index in [0.717, 1.165) is 58.4 Å². The van der Waals surface area contributed by atoms with Gasteiger partial charge in [-0.3, -0.25) is 9.79 Å². The predicted molar refractivity (Wildman–Crippen MR) is 86.2 cm³/mol. The minimum Gasteiger partial charge on any atom is -0.370 e. The van der Waals surface area contributed by atoms with Crippen LogP contribution in [0.1, 0.15) is 57.8 Å². The van der Waals surface area contributed by atoms with Crippen molar-refractivity contribution in [3.63, 3.8) is 0 Å². The third-order valence-corrected chi connectivity index (χ3v) is 4.46. The molecule has 2 saturated heterocycles. The molecule has 5 nitrogen and oxygen atoms in total. The minimum absolute atomic E-state index is 0.317. The Bertz CT molecular complexity index is 348. The Hall–Kier alpha value is -1.26. The van der Waals surface area contributed by atoms with Crippen molar-refractivity contribution in [1.29, 1.82) is 0 Å². The topological polar surface area (TPSA) is 61.9 Å². The number of rotatable bonds is 4. The number of hydrogen-bond donors (Lipinski definition) is 1. The Kier molecular flexibility index (Phi) is 6.83. The van der Waals surface area contributed by atoms with Gasteiger partial charge in [-0.25, -0.2) is 0 Å². The molecule has 2 heterocycles. The average Bonchev–Trinajstić information content (AvgIpc) is 2.87. The normalized spacial score (nSPS) is 22.1. The van der Waals surface area contributed by atoms with E-state index in [-0.39, 0.29) is 0 Å². The highest BCUT2D eigenvalue weighted by molar-refractivity contribution is 5.78. The maximum Gasteiger partial charge on any atom is 0.222 e. The third kappa shape index (κ3) is 5.56. The molecule has 0 aliphatic carbocycles. The number of likely N-dealkylation sites (tertiary alicyclic amines) is 2. The summed E-state index contributed by atoms with van der Waals surface area (Å²) in [5.41, 5.74) is 6.08. The zero-order valence-electron chi connectivity index (χ0n) is 13.2. The number of amides is 1. The monoisotopic (exact) mass is 294 g/mol. The van der Waals surface area contributed by atoms with E-state index in [1.54, 1.807) is 0 Å². The fourth-order valence-corrected chi connectivity index (χ4v) is 3.13. The molecule has 2 fully saturated rings. The molecule has 0 atom stereocenters. The first-order valence-electron chi connectivity index (χ1n) is 8.60. The standard InChI is InChI=1S/C16H30N4O/c17-16(20-12-5-1-2-6-13-20)18-10-8-14-19-11-7-3-4-9-15(19)21/h1-14H2,(H2,17,18). The summed E-state index contributed by atoms with van der Waals surface area (Å²) in [6.07, 6.45) is 10.1. The molecule has 0 radical (unpaired) electrons. The van der Waals surface area contributed by atoms with E-state index in [0.29, 0.717) is 11.9 Å². The Morgan fingerprint density at radius 2 is 1.67 bits per heavy atom. The number of carbonyl (C=O) groups is 1. The first kappa shape index (κ1) is 16.1. The lowest BCUT2D eigenvalue weighted by Gasteiger charge is -2.22. The summed E-state index contributed by atoms with van der Waals surface area (Å²) in [7, 11) is 0. The number of aliphatic imine (C=N–C) groups is 1. The number of guanidine groups is 1. The van der Waals surface area contributed by atoms with Gasteiger partial charge < -0.3 is 15.5 Å². The van der Waals surface area contributed by atoms with Gasteiger partial charge in [-0.05, 0) is 32.1 Å². The molecule has 2 aliphatic rings. The van der Waals surface area contributed by atoms with Crippen molar-refractivity contribution in [3.05, 3.63) is 0 Å². The summed E-state index contributed by atoms with van der Waals surface area (Å²) in [4.78, 5) is 20.6. The van der Waals surface area contributed by atoms with Crippen molar-refractivity contribution in [2.24, 2.45) is 10.7 Å². The lowest BCUT2D eigenvalue weighted by molar-refractivity contribution is -0.130. The van der Waals surface area contributed by atoms with E-state index in [1.807, 2.05) is 4.90 Å². The van der Waals surface area contributed by atoms with Crippen LogP contribution in [-0.4, -0.2) is 54.4 Å². The van der Waals surface area contributed by atoms with Crippen molar-refractivity contribution in [2.45, 2.75) is 57.8 Å². The van der Waals surface area contributed by atoms with E-state index in [4.69, 9.17) is 5.73 Å². The summed E-state index contributed by atoms with van der Waals surface area (Å²) < 4.78 is 0. The van der Waals surface area contributed by atoms with E-state index in [9.17, 15) is 4.79 Å². The van der Waals surface area contributed by atoms with Crippen molar-refractivity contribution < 1.29 is 4.79 Å². The van der Waals surface area contributed by atoms with Crippen LogP contribution in [0.4, 0.5) is 0 Å². The Morgan fingerprint density at radius 1 is 1.00 bits per heavy atom. The summed E-state index contributed by atoms with van der Waals surface area (Å²) in [5.74, 6) is 1.01. The lowest BCUT2D eigenvalue weighted by Crippen LogP contribution is -2.38. The maximum atomic E-state index is 11.9. The molecular weight excluding hydrogens is 264 g/mol. The lowest BCUT2D eigenvalue weighted by atomic mass is 10.2. The molecule has 0 unspecified atom stereocenters. The predicted octanol–water partition coefficient (Wildman–Crippen LogP) is 1.97. The van der Waals surface area contributed by atoms with Gasteiger partial charge in [0, 0.05) is 39.1 Å². The Labute approximate surface area is 128 Å². The molecule has 1 amide bonds. The largest absolute Gasteiger partial charge is 0.370 e. The fraction of sp³-hybridized carbons (Fsp3) is 0.875. The van der Waals surface area contributed by atoms with Gasteiger partial charge in [0.15, 0.2) is 5.96 Å². The van der Waals surface area contributed by atoms with Crippen LogP contribution >= 0.6 is 0 Å². The average molecular weight is 294 g/mol. The summed E-state index contributed by atoms with van der Waals surface area (Å²) >= 11 is 0. The summed E-state index contributed by atoms with van der Waals surface area (Å²) in [6.45, 7) is 4.56. The Morgan fingerprint density at radius 3 is 2.43 bits per heavy atom. The van der Waals surface area contributed by atoms with Crippen LogP contribution < -0.4 is 5.73 Å². The molecular formula is C16H30N4O. The molecule has 21 heavy (non-hydrogen) atoms. The van der Waals surface area contributed by atoms with Gasteiger partial charge in [0.1, 0.15) is 0 Å².